The lowest BCUT2D eigenvalue weighted by molar-refractivity contribution is -0.131. The first-order valence-corrected chi connectivity index (χ1v) is 10.3. The molecule has 1 aliphatic heterocycles. The minimum Gasteiger partial charge on any atom is -0.337 e. The number of carbonyl (C=O) groups is 2. The van der Waals surface area contributed by atoms with Crippen molar-refractivity contribution in [2.75, 3.05) is 6.54 Å². The molecule has 27 heavy (non-hydrogen) atoms. The van der Waals surface area contributed by atoms with Gasteiger partial charge in [-0.3, -0.25) is 14.8 Å². The van der Waals surface area contributed by atoms with E-state index in [0.717, 1.165) is 32.2 Å². The third-order valence-corrected chi connectivity index (χ3v) is 6.90. The van der Waals surface area contributed by atoms with Crippen molar-refractivity contribution in [2.45, 2.75) is 19.4 Å². The lowest BCUT2D eigenvalue weighted by Gasteiger charge is -2.26. The molecule has 0 radical (unpaired) electrons. The molecule has 3 aromatic rings. The number of amides is 2. The average Bonchev–Trinajstić information content (AvgIpc) is 3.34. The molecule has 5 nitrogen and oxygen atoms in total. The summed E-state index contributed by atoms with van der Waals surface area (Å²) in [6.45, 7) is 1.17. The molecule has 4 rings (SSSR count). The molecule has 0 atom stereocenters. The van der Waals surface area contributed by atoms with Crippen molar-refractivity contribution in [3.8, 4) is 10.4 Å². The van der Waals surface area contributed by atoms with E-state index in [0.29, 0.717) is 24.4 Å². The highest BCUT2D eigenvalue weighted by molar-refractivity contribution is 7.15. The molecule has 3 heterocycles. The molecule has 138 valence electrons. The lowest BCUT2D eigenvalue weighted by atomic mass is 10.1. The average molecular weight is 399 g/mol. The van der Waals surface area contributed by atoms with Gasteiger partial charge in [-0.1, -0.05) is 30.3 Å². The van der Waals surface area contributed by atoms with Crippen molar-refractivity contribution in [1.29, 1.82) is 0 Å². The third kappa shape index (κ3) is 3.80. The lowest BCUT2D eigenvalue weighted by Crippen LogP contribution is -2.36. The zero-order valence-electron chi connectivity index (χ0n) is 14.5. The van der Waals surface area contributed by atoms with Crippen LogP contribution in [0.25, 0.3) is 10.4 Å². The number of benzene rings is 1. The van der Waals surface area contributed by atoms with Crippen molar-refractivity contribution in [1.82, 2.24) is 10.4 Å². The van der Waals surface area contributed by atoms with Crippen LogP contribution in [0.2, 0.25) is 0 Å². The number of hydrogen-bond donors (Lipinski definition) is 2. The van der Waals surface area contributed by atoms with Crippen molar-refractivity contribution >= 4 is 34.5 Å². The third-order valence-electron chi connectivity index (χ3n) is 4.61. The molecular weight excluding hydrogens is 380 g/mol. The molecular formula is C20H18N2O3S2. The summed E-state index contributed by atoms with van der Waals surface area (Å²) in [6.07, 6.45) is 1.12. The summed E-state index contributed by atoms with van der Waals surface area (Å²) in [4.78, 5) is 29.9. The summed E-state index contributed by atoms with van der Waals surface area (Å²) in [5.74, 6) is -0.400. The van der Waals surface area contributed by atoms with Crippen LogP contribution in [0.5, 0.6) is 0 Å². The van der Waals surface area contributed by atoms with Gasteiger partial charge in [-0.25, -0.2) is 5.48 Å². The van der Waals surface area contributed by atoms with E-state index < -0.39 is 5.91 Å². The van der Waals surface area contributed by atoms with Gasteiger partial charge >= 0.3 is 0 Å². The molecule has 1 aromatic carbocycles. The van der Waals surface area contributed by atoms with E-state index in [1.807, 2.05) is 29.2 Å². The van der Waals surface area contributed by atoms with Crippen LogP contribution in [0.3, 0.4) is 0 Å². The second-order valence-electron chi connectivity index (χ2n) is 6.37. The van der Waals surface area contributed by atoms with Gasteiger partial charge in [-0.2, -0.15) is 0 Å². The Balaban J connectivity index is 1.43. The van der Waals surface area contributed by atoms with Gasteiger partial charge in [0.25, 0.3) is 5.91 Å². The standard InChI is InChI=1S/C20H18N2O3S2/c23-19(11-15-6-7-16(26-15)13-4-2-1-3-5-13)22-9-8-14-10-17(20(24)21-25)27-18(14)12-22/h1-7,10,25H,8-9,11-12H2,(H,21,24). The van der Waals surface area contributed by atoms with Gasteiger partial charge in [0.05, 0.1) is 17.8 Å². The molecule has 0 spiro atoms. The van der Waals surface area contributed by atoms with Gasteiger partial charge < -0.3 is 4.90 Å². The van der Waals surface area contributed by atoms with Crippen molar-refractivity contribution in [3.05, 3.63) is 68.7 Å². The van der Waals surface area contributed by atoms with E-state index in [1.54, 1.807) is 22.9 Å². The molecule has 1 aliphatic rings. The summed E-state index contributed by atoms with van der Waals surface area (Å²) < 4.78 is 0. The normalized spacial score (nSPS) is 13.3. The van der Waals surface area contributed by atoms with E-state index in [9.17, 15) is 9.59 Å². The SMILES string of the molecule is O=C(NO)c1cc2c(s1)CN(C(=O)Cc1ccc(-c3ccccc3)s1)CC2. The monoisotopic (exact) mass is 398 g/mol. The van der Waals surface area contributed by atoms with E-state index in [4.69, 9.17) is 5.21 Å². The Kier molecular flexibility index (Phi) is 5.07. The molecule has 7 heteroatoms. The van der Waals surface area contributed by atoms with Crippen LogP contribution in [-0.4, -0.2) is 28.5 Å². The number of fused-ring (bicyclic) bond motifs is 1. The van der Waals surface area contributed by atoms with E-state index in [-0.39, 0.29) is 5.91 Å². The number of nitrogens with zero attached hydrogens (tertiary/aromatic N) is 1. The maximum absolute atomic E-state index is 12.7. The van der Waals surface area contributed by atoms with Crippen LogP contribution in [-0.2, 0) is 24.2 Å². The first-order valence-electron chi connectivity index (χ1n) is 8.62. The zero-order chi connectivity index (χ0) is 18.8. The van der Waals surface area contributed by atoms with Gasteiger partial charge in [0.2, 0.25) is 5.91 Å². The van der Waals surface area contributed by atoms with Crippen LogP contribution in [0.15, 0.2) is 48.5 Å². The van der Waals surface area contributed by atoms with Crippen LogP contribution < -0.4 is 5.48 Å². The second-order valence-corrected chi connectivity index (χ2v) is 8.68. The maximum atomic E-state index is 12.7. The van der Waals surface area contributed by atoms with Crippen molar-refractivity contribution in [2.24, 2.45) is 0 Å². The summed E-state index contributed by atoms with van der Waals surface area (Å²) >= 11 is 2.98. The predicted molar refractivity (Wildman–Crippen MR) is 106 cm³/mol. The quantitative estimate of drug-likeness (QED) is 0.520. The number of thiophene rings is 2. The van der Waals surface area contributed by atoms with Gasteiger partial charge in [-0.15, -0.1) is 22.7 Å². The Labute approximate surface area is 164 Å². The topological polar surface area (TPSA) is 69.6 Å². The Morgan fingerprint density at radius 1 is 1.11 bits per heavy atom. The minimum atomic E-state index is -0.501. The Morgan fingerprint density at radius 3 is 2.70 bits per heavy atom. The predicted octanol–water partition coefficient (Wildman–Crippen LogP) is 3.72. The van der Waals surface area contributed by atoms with E-state index in [1.165, 1.54) is 11.3 Å². The molecule has 0 fully saturated rings. The summed E-state index contributed by atoms with van der Waals surface area (Å²) in [5, 5.41) is 8.78. The smallest absolute Gasteiger partial charge is 0.284 e. The zero-order valence-corrected chi connectivity index (χ0v) is 16.1. The Morgan fingerprint density at radius 2 is 1.93 bits per heavy atom. The maximum Gasteiger partial charge on any atom is 0.284 e. The van der Waals surface area contributed by atoms with Crippen molar-refractivity contribution < 1.29 is 14.8 Å². The molecule has 2 aromatic heterocycles. The molecule has 0 unspecified atom stereocenters. The molecule has 0 saturated carbocycles. The number of nitrogens with one attached hydrogen (secondary N) is 1. The molecule has 0 saturated heterocycles. The van der Waals surface area contributed by atoms with Crippen LogP contribution in [0.1, 0.15) is 25.0 Å². The highest BCUT2D eigenvalue weighted by atomic mass is 32.1. The largest absolute Gasteiger partial charge is 0.337 e. The first kappa shape index (κ1) is 17.9. The second kappa shape index (κ2) is 7.64. The fraction of sp³-hybridized carbons (Fsp3) is 0.200. The van der Waals surface area contributed by atoms with Gasteiger partial charge in [0.1, 0.15) is 0 Å². The summed E-state index contributed by atoms with van der Waals surface area (Å²) in [5.41, 5.74) is 3.92. The number of hydrogen-bond acceptors (Lipinski definition) is 5. The fourth-order valence-corrected chi connectivity index (χ4v) is 5.31. The van der Waals surface area contributed by atoms with Crippen LogP contribution >= 0.6 is 22.7 Å². The first-order chi connectivity index (χ1) is 13.1. The Hall–Kier alpha value is -2.48. The van der Waals surface area contributed by atoms with Gasteiger partial charge in [-0.05, 0) is 35.7 Å². The number of hydroxylamine groups is 1. The molecule has 2 amide bonds. The van der Waals surface area contributed by atoms with E-state index >= 15 is 0 Å². The van der Waals surface area contributed by atoms with E-state index in [2.05, 4.69) is 18.2 Å². The number of rotatable bonds is 4. The molecule has 2 N–H and O–H groups in total. The Bertz CT molecular complexity index is 978. The molecule has 0 bridgehead atoms. The minimum absolute atomic E-state index is 0.101. The van der Waals surface area contributed by atoms with Crippen LogP contribution in [0, 0.1) is 0 Å². The van der Waals surface area contributed by atoms with Crippen LogP contribution in [0.4, 0.5) is 0 Å². The highest BCUT2D eigenvalue weighted by Gasteiger charge is 2.24. The van der Waals surface area contributed by atoms with Gasteiger partial charge in [0.15, 0.2) is 0 Å². The van der Waals surface area contributed by atoms with Crippen molar-refractivity contribution in [3.63, 3.8) is 0 Å². The summed E-state index contributed by atoms with van der Waals surface area (Å²) in [6, 6.07) is 16.0. The highest BCUT2D eigenvalue weighted by Crippen LogP contribution is 2.30. The molecule has 0 aliphatic carbocycles. The van der Waals surface area contributed by atoms with Gasteiger partial charge in [0, 0.05) is 21.2 Å². The fourth-order valence-electron chi connectivity index (χ4n) is 3.19. The summed E-state index contributed by atoms with van der Waals surface area (Å²) in [7, 11) is 0. The number of carbonyl (C=O) groups excluding carboxylic acids is 2.